The first-order chi connectivity index (χ1) is 10.0. The van der Waals surface area contributed by atoms with Crippen LogP contribution in [-0.2, 0) is 0 Å². The van der Waals surface area contributed by atoms with Crippen molar-refractivity contribution in [3.8, 4) is 0 Å². The molecule has 3 nitrogen and oxygen atoms in total. The van der Waals surface area contributed by atoms with E-state index < -0.39 is 0 Å². The molecule has 0 aliphatic heterocycles. The lowest BCUT2D eigenvalue weighted by atomic mass is 10.0. The molecule has 0 spiro atoms. The van der Waals surface area contributed by atoms with Crippen molar-refractivity contribution < 1.29 is 4.79 Å². The summed E-state index contributed by atoms with van der Waals surface area (Å²) < 4.78 is 1.01. The molecule has 5 heteroatoms. The number of hydrogen-bond donors (Lipinski definition) is 2. The smallest absolute Gasteiger partial charge is 0.253 e. The Morgan fingerprint density at radius 2 is 1.95 bits per heavy atom. The number of amides is 1. The van der Waals surface area contributed by atoms with Crippen molar-refractivity contribution in [3.63, 3.8) is 0 Å². The molecule has 0 bridgehead atoms. The van der Waals surface area contributed by atoms with Crippen LogP contribution < -0.4 is 11.1 Å². The van der Waals surface area contributed by atoms with E-state index in [4.69, 9.17) is 17.3 Å². The van der Waals surface area contributed by atoms with E-state index in [1.165, 1.54) is 0 Å². The van der Waals surface area contributed by atoms with Gasteiger partial charge in [0.1, 0.15) is 0 Å². The molecule has 0 radical (unpaired) electrons. The van der Waals surface area contributed by atoms with E-state index in [-0.39, 0.29) is 11.9 Å². The summed E-state index contributed by atoms with van der Waals surface area (Å²) in [5, 5.41) is 3.52. The first-order valence-corrected chi connectivity index (χ1v) is 7.79. The number of rotatable bonds is 4. The molecule has 0 saturated carbocycles. The molecule has 2 aromatic rings. The van der Waals surface area contributed by atoms with Gasteiger partial charge in [0.15, 0.2) is 0 Å². The molecule has 1 amide bonds. The molecule has 21 heavy (non-hydrogen) atoms. The summed E-state index contributed by atoms with van der Waals surface area (Å²) in [6.45, 7) is 2.03. The molecule has 3 N–H and O–H groups in total. The largest absolute Gasteiger partial charge is 0.398 e. The van der Waals surface area contributed by atoms with Crippen molar-refractivity contribution in [1.82, 2.24) is 5.32 Å². The summed E-state index contributed by atoms with van der Waals surface area (Å²) in [6, 6.07) is 12.7. The number of nitrogens with one attached hydrogen (secondary N) is 1. The molecule has 110 valence electrons. The monoisotopic (exact) mass is 366 g/mol. The lowest BCUT2D eigenvalue weighted by Crippen LogP contribution is -2.28. The molecular weight excluding hydrogens is 352 g/mol. The maximum absolute atomic E-state index is 12.3. The third kappa shape index (κ3) is 3.99. The zero-order valence-electron chi connectivity index (χ0n) is 11.6. The molecule has 0 aliphatic carbocycles. The second-order valence-corrected chi connectivity index (χ2v) is 6.07. The van der Waals surface area contributed by atoms with E-state index in [1.54, 1.807) is 18.2 Å². The minimum absolute atomic E-state index is 0.0549. The number of anilines is 1. The minimum atomic E-state index is -0.195. The molecule has 1 unspecified atom stereocenters. The third-order valence-corrected chi connectivity index (χ3v) is 4.01. The summed E-state index contributed by atoms with van der Waals surface area (Å²) in [5.41, 5.74) is 7.72. The summed E-state index contributed by atoms with van der Waals surface area (Å²) in [6.07, 6.45) is 0.793. The van der Waals surface area contributed by atoms with Crippen molar-refractivity contribution in [2.45, 2.75) is 19.4 Å². The van der Waals surface area contributed by atoms with Crippen LogP contribution in [0.4, 0.5) is 5.69 Å². The van der Waals surface area contributed by atoms with E-state index >= 15 is 0 Å². The fraction of sp³-hybridized carbons (Fsp3) is 0.188. The quantitative estimate of drug-likeness (QED) is 0.778. The average Bonchev–Trinajstić information content (AvgIpc) is 2.45. The van der Waals surface area contributed by atoms with Crippen LogP contribution in [0.1, 0.15) is 35.3 Å². The number of carbonyl (C=O) groups is 1. The van der Waals surface area contributed by atoms with Crippen LogP contribution in [0.2, 0.25) is 5.02 Å². The molecule has 2 rings (SSSR count). The van der Waals surface area contributed by atoms with Crippen LogP contribution in [-0.4, -0.2) is 5.91 Å². The van der Waals surface area contributed by atoms with Gasteiger partial charge >= 0.3 is 0 Å². The number of hydrogen-bond acceptors (Lipinski definition) is 2. The van der Waals surface area contributed by atoms with Gasteiger partial charge in [0.05, 0.1) is 11.6 Å². The SMILES string of the molecule is CCC(NC(=O)c1ccc(Cl)cc1N)c1ccc(Br)cc1. The highest BCUT2D eigenvalue weighted by molar-refractivity contribution is 9.10. The number of nitrogens with two attached hydrogens (primary N) is 1. The van der Waals surface area contributed by atoms with Gasteiger partial charge in [0.2, 0.25) is 0 Å². The Labute approximate surface area is 137 Å². The third-order valence-electron chi connectivity index (χ3n) is 3.24. The fourth-order valence-electron chi connectivity index (χ4n) is 2.09. The van der Waals surface area contributed by atoms with E-state index in [1.807, 2.05) is 31.2 Å². The maximum atomic E-state index is 12.3. The first kappa shape index (κ1) is 15.9. The summed E-state index contributed by atoms with van der Waals surface area (Å²) in [7, 11) is 0. The Balaban J connectivity index is 2.18. The molecule has 0 saturated heterocycles. The highest BCUT2D eigenvalue weighted by Crippen LogP contribution is 2.22. The van der Waals surface area contributed by atoms with Crippen LogP contribution in [0.15, 0.2) is 46.9 Å². The Morgan fingerprint density at radius 3 is 2.52 bits per heavy atom. The van der Waals surface area contributed by atoms with Crippen molar-refractivity contribution in [3.05, 3.63) is 63.1 Å². The Morgan fingerprint density at radius 1 is 1.29 bits per heavy atom. The van der Waals surface area contributed by atoms with Crippen LogP contribution in [0.5, 0.6) is 0 Å². The van der Waals surface area contributed by atoms with E-state index in [0.717, 1.165) is 16.5 Å². The molecule has 0 fully saturated rings. The van der Waals surface area contributed by atoms with E-state index in [2.05, 4.69) is 21.2 Å². The molecular formula is C16H16BrClN2O. The van der Waals surface area contributed by atoms with Gasteiger partial charge in [-0.2, -0.15) is 0 Å². The standard InChI is InChI=1S/C16H16BrClN2O/c1-2-15(10-3-5-11(17)6-4-10)20-16(21)13-8-7-12(18)9-14(13)19/h3-9,15H,2,19H2,1H3,(H,20,21). The number of nitrogen functional groups attached to an aromatic ring is 1. The van der Waals surface area contributed by atoms with Gasteiger partial charge in [-0.15, -0.1) is 0 Å². The van der Waals surface area contributed by atoms with E-state index in [9.17, 15) is 4.79 Å². The Kier molecular flexibility index (Phi) is 5.26. The van der Waals surface area contributed by atoms with Crippen LogP contribution in [0.3, 0.4) is 0 Å². The molecule has 1 atom stereocenters. The zero-order chi connectivity index (χ0) is 15.4. The summed E-state index contributed by atoms with van der Waals surface area (Å²) >= 11 is 9.25. The number of halogens is 2. The highest BCUT2D eigenvalue weighted by atomic mass is 79.9. The van der Waals surface area contributed by atoms with Crippen LogP contribution in [0.25, 0.3) is 0 Å². The minimum Gasteiger partial charge on any atom is -0.398 e. The first-order valence-electron chi connectivity index (χ1n) is 6.62. The van der Waals surface area contributed by atoms with Crippen molar-refractivity contribution >= 4 is 39.1 Å². The summed E-state index contributed by atoms with van der Waals surface area (Å²) in [4.78, 5) is 12.3. The van der Waals surface area contributed by atoms with Crippen LogP contribution >= 0.6 is 27.5 Å². The van der Waals surface area contributed by atoms with E-state index in [0.29, 0.717) is 16.3 Å². The second kappa shape index (κ2) is 6.96. The molecule has 0 heterocycles. The molecule has 2 aromatic carbocycles. The average molecular weight is 368 g/mol. The van der Waals surface area contributed by atoms with Gasteiger partial charge in [-0.05, 0) is 42.3 Å². The predicted octanol–water partition coefficient (Wildman–Crippen LogP) is 4.57. The topological polar surface area (TPSA) is 55.1 Å². The lowest BCUT2D eigenvalue weighted by Gasteiger charge is -2.18. The maximum Gasteiger partial charge on any atom is 0.253 e. The van der Waals surface area contributed by atoms with Crippen molar-refractivity contribution in [1.29, 1.82) is 0 Å². The highest BCUT2D eigenvalue weighted by Gasteiger charge is 2.16. The molecule has 0 aromatic heterocycles. The van der Waals surface area contributed by atoms with Gasteiger partial charge in [-0.25, -0.2) is 0 Å². The molecule has 0 aliphatic rings. The van der Waals surface area contributed by atoms with Gasteiger partial charge in [-0.1, -0.05) is 46.6 Å². The van der Waals surface area contributed by atoms with Gasteiger partial charge in [-0.3, -0.25) is 4.79 Å². The Hall–Kier alpha value is -1.52. The zero-order valence-corrected chi connectivity index (χ0v) is 13.9. The van der Waals surface area contributed by atoms with Gasteiger partial charge in [0.25, 0.3) is 5.91 Å². The number of benzene rings is 2. The van der Waals surface area contributed by atoms with Crippen molar-refractivity contribution in [2.24, 2.45) is 0 Å². The van der Waals surface area contributed by atoms with Gasteiger partial charge < -0.3 is 11.1 Å². The number of carbonyl (C=O) groups excluding carboxylic acids is 1. The fourth-order valence-corrected chi connectivity index (χ4v) is 2.54. The Bertz CT molecular complexity index is 643. The van der Waals surface area contributed by atoms with Gasteiger partial charge in [0, 0.05) is 15.2 Å². The normalized spacial score (nSPS) is 12.0. The summed E-state index contributed by atoms with van der Waals surface area (Å²) in [5.74, 6) is -0.195. The van der Waals surface area contributed by atoms with Crippen LogP contribution in [0, 0.1) is 0 Å². The van der Waals surface area contributed by atoms with Crippen molar-refractivity contribution in [2.75, 3.05) is 5.73 Å². The lowest BCUT2D eigenvalue weighted by molar-refractivity contribution is 0.0936. The predicted molar refractivity (Wildman–Crippen MR) is 90.5 cm³/mol. The second-order valence-electron chi connectivity index (χ2n) is 4.72.